The second-order valence-electron chi connectivity index (χ2n) is 11.8. The Bertz CT molecular complexity index is 2290. The molecule has 2 heterocycles. The number of hydrogen-bond donors (Lipinski definition) is 0. The van der Waals surface area contributed by atoms with Crippen molar-refractivity contribution < 1.29 is 0 Å². The van der Waals surface area contributed by atoms with Crippen molar-refractivity contribution in [1.82, 2.24) is 9.13 Å². The van der Waals surface area contributed by atoms with E-state index in [1.807, 2.05) is 0 Å². The molecule has 2 aromatic heterocycles. The minimum Gasteiger partial charge on any atom is -0.309 e. The van der Waals surface area contributed by atoms with E-state index in [9.17, 15) is 0 Å². The Morgan fingerprint density at radius 3 is 1.51 bits per heavy atom. The largest absolute Gasteiger partial charge is 0.309 e. The Morgan fingerprint density at radius 2 is 0.854 bits per heavy atom. The molecular weight excluding hydrogens is 496 g/mol. The number of aromatic nitrogens is 2. The number of fused-ring (bicyclic) bond motifs is 9. The van der Waals surface area contributed by atoms with Gasteiger partial charge in [0.05, 0.1) is 22.1 Å². The molecule has 1 aliphatic carbocycles. The molecule has 0 radical (unpaired) electrons. The van der Waals surface area contributed by atoms with Crippen LogP contribution in [0, 0.1) is 0 Å². The number of rotatable bonds is 2. The number of hydrogen-bond acceptors (Lipinski definition) is 0. The first-order valence-corrected chi connectivity index (χ1v) is 14.4. The normalized spacial score (nSPS) is 13.8. The summed E-state index contributed by atoms with van der Waals surface area (Å²) in [7, 11) is 0. The minimum atomic E-state index is -0.00497. The van der Waals surface area contributed by atoms with Gasteiger partial charge in [-0.1, -0.05) is 105 Å². The summed E-state index contributed by atoms with van der Waals surface area (Å²) in [5, 5.41) is 5.11. The van der Waals surface area contributed by atoms with Crippen molar-refractivity contribution in [2.24, 2.45) is 0 Å². The summed E-state index contributed by atoms with van der Waals surface area (Å²) in [5.74, 6) is 0. The summed E-state index contributed by atoms with van der Waals surface area (Å²) in [6.07, 6.45) is 0. The molecule has 2 nitrogen and oxygen atoms in total. The van der Waals surface area contributed by atoms with Gasteiger partial charge in [-0.3, -0.25) is 0 Å². The Labute approximate surface area is 238 Å². The van der Waals surface area contributed by atoms with E-state index in [4.69, 9.17) is 0 Å². The van der Waals surface area contributed by atoms with E-state index < -0.39 is 0 Å². The first-order chi connectivity index (χ1) is 20.1. The fourth-order valence-electron chi connectivity index (χ4n) is 7.42. The molecule has 0 spiro atoms. The van der Waals surface area contributed by atoms with Crippen LogP contribution in [0.25, 0.3) is 66.1 Å². The highest BCUT2D eigenvalue weighted by atomic mass is 15.0. The molecule has 1 aliphatic rings. The summed E-state index contributed by atoms with van der Waals surface area (Å²) >= 11 is 0. The van der Waals surface area contributed by atoms with Gasteiger partial charge in [0, 0.05) is 38.3 Å². The van der Waals surface area contributed by atoms with Crippen molar-refractivity contribution in [2.75, 3.05) is 0 Å². The third-order valence-electron chi connectivity index (χ3n) is 9.32. The molecular formula is C39H28N2. The van der Waals surface area contributed by atoms with Crippen molar-refractivity contribution in [3.8, 4) is 22.5 Å². The molecule has 0 bridgehead atoms. The van der Waals surface area contributed by atoms with E-state index in [0.717, 1.165) is 0 Å². The second-order valence-corrected chi connectivity index (χ2v) is 11.8. The maximum absolute atomic E-state index is 2.45. The fraction of sp³-hybridized carbons (Fsp3) is 0.0769. The van der Waals surface area contributed by atoms with Crippen molar-refractivity contribution in [1.29, 1.82) is 0 Å². The first-order valence-electron chi connectivity index (χ1n) is 14.4. The molecule has 194 valence electrons. The lowest BCUT2D eigenvalue weighted by molar-refractivity contribution is 0.660. The van der Waals surface area contributed by atoms with Gasteiger partial charge in [0.25, 0.3) is 0 Å². The zero-order valence-electron chi connectivity index (χ0n) is 23.1. The van der Waals surface area contributed by atoms with Crippen molar-refractivity contribution in [3.05, 3.63) is 145 Å². The van der Waals surface area contributed by atoms with Gasteiger partial charge in [0.2, 0.25) is 0 Å². The highest BCUT2D eigenvalue weighted by molar-refractivity contribution is 6.12. The number of para-hydroxylation sites is 3. The van der Waals surface area contributed by atoms with Crippen LogP contribution in [0.1, 0.15) is 25.0 Å². The average molecular weight is 525 g/mol. The molecule has 9 rings (SSSR count). The predicted octanol–water partition coefficient (Wildman–Crippen LogP) is 10.2. The van der Waals surface area contributed by atoms with Gasteiger partial charge >= 0.3 is 0 Å². The third kappa shape index (κ3) is 2.97. The van der Waals surface area contributed by atoms with E-state index in [0.29, 0.717) is 0 Å². The molecule has 0 atom stereocenters. The Hall–Kier alpha value is -5.08. The van der Waals surface area contributed by atoms with E-state index in [1.165, 1.54) is 77.2 Å². The molecule has 0 aliphatic heterocycles. The van der Waals surface area contributed by atoms with Gasteiger partial charge in [0.1, 0.15) is 0 Å². The van der Waals surface area contributed by atoms with Crippen LogP contribution in [0.5, 0.6) is 0 Å². The van der Waals surface area contributed by atoms with E-state index >= 15 is 0 Å². The van der Waals surface area contributed by atoms with Crippen LogP contribution in [0.15, 0.2) is 133 Å². The summed E-state index contributed by atoms with van der Waals surface area (Å²) in [4.78, 5) is 0. The van der Waals surface area contributed by atoms with Gasteiger partial charge in [-0.25, -0.2) is 0 Å². The molecule has 0 amide bonds. The smallest absolute Gasteiger partial charge is 0.0561 e. The van der Waals surface area contributed by atoms with Crippen LogP contribution in [0.3, 0.4) is 0 Å². The Kier molecular flexibility index (Phi) is 4.42. The maximum Gasteiger partial charge on any atom is 0.0561 e. The molecule has 0 N–H and O–H groups in total. The van der Waals surface area contributed by atoms with Crippen molar-refractivity contribution in [3.63, 3.8) is 0 Å². The zero-order valence-corrected chi connectivity index (χ0v) is 23.1. The molecule has 0 fully saturated rings. The van der Waals surface area contributed by atoms with Gasteiger partial charge < -0.3 is 9.13 Å². The van der Waals surface area contributed by atoms with Gasteiger partial charge in [-0.2, -0.15) is 0 Å². The summed E-state index contributed by atoms with van der Waals surface area (Å²) < 4.78 is 4.86. The SMILES string of the molecule is CC1(C)c2ccccc2-c2cc(-n3c4ccccc4c4ccc(-n5c6ccccc6c6ccccc65)cc43)ccc21. The maximum atomic E-state index is 2.45. The van der Waals surface area contributed by atoms with Gasteiger partial charge in [-0.15, -0.1) is 0 Å². The monoisotopic (exact) mass is 524 g/mol. The van der Waals surface area contributed by atoms with Gasteiger partial charge in [-0.05, 0) is 64.7 Å². The number of benzene rings is 6. The molecule has 41 heavy (non-hydrogen) atoms. The molecule has 6 aromatic carbocycles. The molecule has 0 unspecified atom stereocenters. The van der Waals surface area contributed by atoms with E-state index in [-0.39, 0.29) is 5.41 Å². The van der Waals surface area contributed by atoms with Crippen LogP contribution < -0.4 is 0 Å². The molecule has 2 heteroatoms. The predicted molar refractivity (Wildman–Crippen MR) is 173 cm³/mol. The Balaban J connectivity index is 1.35. The van der Waals surface area contributed by atoms with Crippen LogP contribution >= 0.6 is 0 Å². The lowest BCUT2D eigenvalue weighted by Crippen LogP contribution is -2.14. The topological polar surface area (TPSA) is 9.86 Å². The van der Waals surface area contributed by atoms with E-state index in [1.54, 1.807) is 0 Å². The van der Waals surface area contributed by atoms with Crippen LogP contribution in [0.2, 0.25) is 0 Å². The van der Waals surface area contributed by atoms with Crippen molar-refractivity contribution >= 4 is 43.6 Å². The molecule has 0 saturated carbocycles. The average Bonchev–Trinajstić information content (AvgIpc) is 3.60. The second kappa shape index (κ2) is 7.99. The quantitative estimate of drug-likeness (QED) is 0.213. The summed E-state index contributed by atoms with van der Waals surface area (Å²) in [6.45, 7) is 4.69. The lowest BCUT2D eigenvalue weighted by atomic mass is 9.82. The molecule has 8 aromatic rings. The lowest BCUT2D eigenvalue weighted by Gasteiger charge is -2.21. The fourth-order valence-corrected chi connectivity index (χ4v) is 7.42. The van der Waals surface area contributed by atoms with E-state index in [2.05, 4.69) is 156 Å². The van der Waals surface area contributed by atoms with Crippen LogP contribution in [-0.2, 0) is 5.41 Å². The van der Waals surface area contributed by atoms with Crippen molar-refractivity contribution in [2.45, 2.75) is 19.3 Å². The zero-order chi connectivity index (χ0) is 27.3. The first kappa shape index (κ1) is 22.7. The van der Waals surface area contributed by atoms with Gasteiger partial charge in [0.15, 0.2) is 0 Å². The Morgan fingerprint density at radius 1 is 0.390 bits per heavy atom. The third-order valence-corrected chi connectivity index (χ3v) is 9.32. The standard InChI is InChI=1S/C39H28N2/c1-39(2)33-15-7-3-11-27(33)32-23-25(20-22-34(32)39)41-37-18-10-6-14-30(37)31-21-19-26(24-38(31)41)40-35-16-8-4-12-28(35)29-13-5-9-17-36(29)40/h3-24H,1-2H3. The summed E-state index contributed by atoms with van der Waals surface area (Å²) in [6, 6.07) is 49.2. The highest BCUT2D eigenvalue weighted by Crippen LogP contribution is 2.49. The van der Waals surface area contributed by atoms with Crippen LogP contribution in [-0.4, -0.2) is 9.13 Å². The van der Waals surface area contributed by atoms with Crippen LogP contribution in [0.4, 0.5) is 0 Å². The highest BCUT2D eigenvalue weighted by Gasteiger charge is 2.35. The number of nitrogens with zero attached hydrogens (tertiary/aromatic N) is 2. The molecule has 0 saturated heterocycles. The summed E-state index contributed by atoms with van der Waals surface area (Å²) in [5.41, 5.74) is 12.8. The minimum absolute atomic E-state index is 0.00497.